The fourth-order valence-corrected chi connectivity index (χ4v) is 2.46. The van der Waals surface area contributed by atoms with Gasteiger partial charge in [-0.15, -0.1) is 0 Å². The van der Waals surface area contributed by atoms with Gasteiger partial charge < -0.3 is 15.4 Å². The monoisotopic (exact) mass is 390 g/mol. The zero-order chi connectivity index (χ0) is 20.7. The van der Waals surface area contributed by atoms with Gasteiger partial charge in [-0.2, -0.15) is 8.78 Å². The summed E-state index contributed by atoms with van der Waals surface area (Å²) in [4.78, 5) is 24.1. The Morgan fingerprint density at radius 3 is 2.14 bits per heavy atom. The number of hydrogen-bond donors (Lipinski definition) is 2. The minimum atomic E-state index is -2.89. The molecule has 0 heterocycles. The lowest BCUT2D eigenvalue weighted by atomic mass is 9.87. The summed E-state index contributed by atoms with van der Waals surface area (Å²) in [6.45, 7) is 3.58. The molecule has 0 saturated carbocycles. The van der Waals surface area contributed by atoms with Crippen LogP contribution in [0.15, 0.2) is 48.5 Å². The van der Waals surface area contributed by atoms with E-state index in [0.717, 1.165) is 5.56 Å². The molecular weight excluding hydrogens is 366 g/mol. The molecule has 2 amide bonds. The number of alkyl halides is 2. The lowest BCUT2D eigenvalue weighted by Crippen LogP contribution is -2.27. The lowest BCUT2D eigenvalue weighted by molar-refractivity contribution is -0.116. The van der Waals surface area contributed by atoms with E-state index in [9.17, 15) is 18.4 Å². The average Bonchev–Trinajstić information content (AvgIpc) is 2.62. The second-order valence-electron chi connectivity index (χ2n) is 7.28. The fraction of sp³-hybridized carbons (Fsp3) is 0.333. The Labute approximate surface area is 163 Å². The van der Waals surface area contributed by atoms with E-state index >= 15 is 0 Å². The van der Waals surface area contributed by atoms with Crippen molar-refractivity contribution in [2.24, 2.45) is 0 Å². The number of amides is 2. The predicted octanol–water partition coefficient (Wildman–Crippen LogP) is 4.34. The summed E-state index contributed by atoms with van der Waals surface area (Å²) in [5, 5.41) is 5.33. The largest absolute Gasteiger partial charge is 0.435 e. The Morgan fingerprint density at radius 1 is 1.00 bits per heavy atom. The van der Waals surface area contributed by atoms with Gasteiger partial charge in [-0.3, -0.25) is 9.59 Å². The number of ether oxygens (including phenoxy) is 1. The number of anilines is 1. The second kappa shape index (κ2) is 9.30. The van der Waals surface area contributed by atoms with Crippen molar-refractivity contribution in [1.82, 2.24) is 5.32 Å². The highest BCUT2D eigenvalue weighted by Crippen LogP contribution is 2.22. The summed E-state index contributed by atoms with van der Waals surface area (Å²) in [5.41, 5.74) is 2.13. The molecule has 0 aliphatic carbocycles. The molecule has 2 aromatic rings. The maximum Gasteiger partial charge on any atom is 0.387 e. The van der Waals surface area contributed by atoms with Gasteiger partial charge in [0.1, 0.15) is 5.75 Å². The normalized spacial score (nSPS) is 11.2. The Hall–Kier alpha value is -2.96. The first-order valence-corrected chi connectivity index (χ1v) is 8.88. The highest BCUT2D eigenvalue weighted by molar-refractivity contribution is 5.95. The molecule has 0 atom stereocenters. The molecule has 7 heteroatoms. The summed E-state index contributed by atoms with van der Waals surface area (Å²) < 4.78 is 28.4. The number of nitrogens with one attached hydrogen (secondary N) is 2. The predicted molar refractivity (Wildman–Crippen MR) is 104 cm³/mol. The van der Waals surface area contributed by atoms with E-state index in [-0.39, 0.29) is 35.9 Å². The minimum Gasteiger partial charge on any atom is -0.435 e. The first kappa shape index (κ1) is 21.3. The topological polar surface area (TPSA) is 67.4 Å². The van der Waals surface area contributed by atoms with Gasteiger partial charge in [0.2, 0.25) is 5.91 Å². The molecule has 0 saturated heterocycles. The number of hydrogen-bond acceptors (Lipinski definition) is 3. The highest BCUT2D eigenvalue weighted by atomic mass is 19.3. The van der Waals surface area contributed by atoms with Crippen molar-refractivity contribution in [3.05, 3.63) is 59.7 Å². The average molecular weight is 390 g/mol. The van der Waals surface area contributed by atoms with E-state index in [2.05, 4.69) is 36.1 Å². The van der Waals surface area contributed by atoms with Crippen LogP contribution in [-0.2, 0) is 10.2 Å². The molecule has 0 unspecified atom stereocenters. The second-order valence-corrected chi connectivity index (χ2v) is 7.28. The molecule has 2 aromatic carbocycles. The summed E-state index contributed by atoms with van der Waals surface area (Å²) in [7, 11) is 0. The summed E-state index contributed by atoms with van der Waals surface area (Å²) in [5.74, 6) is -0.537. The maximum absolute atomic E-state index is 12.2. The molecular formula is C21H24F2N2O3. The molecule has 0 aliphatic heterocycles. The van der Waals surface area contributed by atoms with Gasteiger partial charge in [0.05, 0.1) is 0 Å². The summed E-state index contributed by atoms with van der Waals surface area (Å²) in [6.07, 6.45) is 0.0844. The van der Waals surface area contributed by atoms with Crippen LogP contribution in [0.1, 0.15) is 43.1 Å². The van der Waals surface area contributed by atoms with Gasteiger partial charge in [-0.25, -0.2) is 0 Å². The van der Waals surface area contributed by atoms with Crippen molar-refractivity contribution < 1.29 is 23.1 Å². The number of carbonyl (C=O) groups is 2. The first-order valence-electron chi connectivity index (χ1n) is 8.88. The van der Waals surface area contributed by atoms with Crippen LogP contribution < -0.4 is 15.4 Å². The molecule has 150 valence electrons. The van der Waals surface area contributed by atoms with Crippen molar-refractivity contribution >= 4 is 17.5 Å². The number of benzene rings is 2. The van der Waals surface area contributed by atoms with Gasteiger partial charge in [-0.1, -0.05) is 32.9 Å². The van der Waals surface area contributed by atoms with E-state index < -0.39 is 6.61 Å². The molecule has 28 heavy (non-hydrogen) atoms. The third-order valence-electron chi connectivity index (χ3n) is 4.01. The van der Waals surface area contributed by atoms with Crippen molar-refractivity contribution in [2.45, 2.75) is 39.2 Å². The van der Waals surface area contributed by atoms with Crippen LogP contribution in [-0.4, -0.2) is 25.0 Å². The Kier molecular flexibility index (Phi) is 7.09. The molecule has 0 aliphatic rings. The molecule has 0 bridgehead atoms. The van der Waals surface area contributed by atoms with Crippen LogP contribution in [0.3, 0.4) is 0 Å². The van der Waals surface area contributed by atoms with Crippen LogP contribution in [0.2, 0.25) is 0 Å². The molecule has 2 rings (SSSR count). The number of carbonyl (C=O) groups excluding carboxylic acids is 2. The molecule has 0 spiro atoms. The van der Waals surface area contributed by atoms with Crippen LogP contribution >= 0.6 is 0 Å². The van der Waals surface area contributed by atoms with E-state index in [1.54, 1.807) is 12.1 Å². The van der Waals surface area contributed by atoms with Crippen molar-refractivity contribution in [3.8, 4) is 5.75 Å². The van der Waals surface area contributed by atoms with Crippen molar-refractivity contribution in [3.63, 3.8) is 0 Å². The Balaban J connectivity index is 1.77. The van der Waals surface area contributed by atoms with Crippen LogP contribution in [0.4, 0.5) is 14.5 Å². The molecule has 0 radical (unpaired) electrons. The third-order valence-corrected chi connectivity index (χ3v) is 4.01. The molecule has 0 aromatic heterocycles. The van der Waals surface area contributed by atoms with Crippen LogP contribution in [0.25, 0.3) is 0 Å². The van der Waals surface area contributed by atoms with Gasteiger partial charge in [-0.05, 0) is 47.4 Å². The van der Waals surface area contributed by atoms with Gasteiger partial charge in [0.15, 0.2) is 0 Å². The molecule has 5 nitrogen and oxygen atoms in total. The van der Waals surface area contributed by atoms with Crippen molar-refractivity contribution in [2.75, 3.05) is 11.9 Å². The van der Waals surface area contributed by atoms with Crippen LogP contribution in [0.5, 0.6) is 5.75 Å². The van der Waals surface area contributed by atoms with Crippen LogP contribution in [0, 0.1) is 0 Å². The zero-order valence-corrected chi connectivity index (χ0v) is 16.1. The zero-order valence-electron chi connectivity index (χ0n) is 16.1. The minimum absolute atomic E-state index is 0.0108. The smallest absolute Gasteiger partial charge is 0.387 e. The standard InChI is InChI=1S/C21H24F2N2O3/c1-21(2,3)15-6-4-14(5-7-15)19(27)24-13-12-18(26)25-16-8-10-17(11-9-16)28-20(22)23/h4-11,20H,12-13H2,1-3H3,(H,24,27)(H,25,26). The molecule has 2 N–H and O–H groups in total. The molecule has 0 fully saturated rings. The SMILES string of the molecule is CC(C)(C)c1ccc(C(=O)NCCC(=O)Nc2ccc(OC(F)F)cc2)cc1. The Morgan fingerprint density at radius 2 is 1.61 bits per heavy atom. The number of halogens is 2. The van der Waals surface area contributed by atoms with Gasteiger partial charge in [0, 0.05) is 24.2 Å². The van der Waals surface area contributed by atoms with E-state index in [1.807, 2.05) is 12.1 Å². The van der Waals surface area contributed by atoms with Gasteiger partial charge in [0.25, 0.3) is 5.91 Å². The summed E-state index contributed by atoms with van der Waals surface area (Å²) in [6, 6.07) is 13.0. The van der Waals surface area contributed by atoms with E-state index in [1.165, 1.54) is 24.3 Å². The van der Waals surface area contributed by atoms with Gasteiger partial charge >= 0.3 is 6.61 Å². The third kappa shape index (κ3) is 6.64. The van der Waals surface area contributed by atoms with E-state index in [4.69, 9.17) is 0 Å². The maximum atomic E-state index is 12.2. The van der Waals surface area contributed by atoms with E-state index in [0.29, 0.717) is 11.3 Å². The quantitative estimate of drug-likeness (QED) is 0.739. The number of rotatable bonds is 7. The fourth-order valence-electron chi connectivity index (χ4n) is 2.46. The Bertz CT molecular complexity index is 798. The highest BCUT2D eigenvalue weighted by Gasteiger charge is 2.14. The lowest BCUT2D eigenvalue weighted by Gasteiger charge is -2.19. The summed E-state index contributed by atoms with van der Waals surface area (Å²) >= 11 is 0. The van der Waals surface area contributed by atoms with Crippen molar-refractivity contribution in [1.29, 1.82) is 0 Å². The first-order chi connectivity index (χ1) is 13.1.